The summed E-state index contributed by atoms with van der Waals surface area (Å²) in [6.07, 6.45) is 0.0613. The van der Waals surface area contributed by atoms with Crippen molar-refractivity contribution in [2.45, 2.75) is 37.5 Å². The minimum atomic E-state index is -1.19. The molecule has 2 aliphatic heterocycles. The summed E-state index contributed by atoms with van der Waals surface area (Å²) in [5, 5.41) is 41.3. The molecule has 0 saturated carbocycles. The molecule has 5 N–H and O–H groups in total. The van der Waals surface area contributed by atoms with E-state index in [2.05, 4.69) is 10.4 Å². The Morgan fingerprint density at radius 1 is 1.00 bits per heavy atom. The normalized spacial score (nSPS) is 23.8. The topological polar surface area (TPSA) is 123 Å². The minimum absolute atomic E-state index is 0.114. The van der Waals surface area contributed by atoms with E-state index in [4.69, 9.17) is 9.84 Å². The van der Waals surface area contributed by atoms with Crippen LogP contribution in [0.5, 0.6) is 0 Å². The van der Waals surface area contributed by atoms with Gasteiger partial charge in [-0.2, -0.15) is 0 Å². The first-order valence-electron chi connectivity index (χ1n) is 11.3. The number of hydrazine groups is 1. The number of aliphatic imine (C=N–C) groups is 1. The van der Waals surface area contributed by atoms with Gasteiger partial charge in [0.05, 0.1) is 18.8 Å². The molecule has 2 aliphatic rings. The zero-order valence-electron chi connectivity index (χ0n) is 18.5. The van der Waals surface area contributed by atoms with E-state index < -0.39 is 24.5 Å². The highest BCUT2D eigenvalue weighted by Crippen LogP contribution is 2.41. The summed E-state index contributed by atoms with van der Waals surface area (Å²) in [5.41, 5.74) is 8.16. The Balaban J connectivity index is 1.46. The molecule has 4 atom stereocenters. The number of ether oxygens (including phenoxy) is 1. The maximum absolute atomic E-state index is 10.6. The summed E-state index contributed by atoms with van der Waals surface area (Å²) in [6.45, 7) is 0.230. The molecule has 0 spiro atoms. The van der Waals surface area contributed by atoms with Gasteiger partial charge >= 0.3 is 0 Å². The molecule has 9 heteroatoms. The Morgan fingerprint density at radius 3 is 2.44 bits per heavy atom. The highest BCUT2D eigenvalue weighted by atomic mass is 16.6. The molecule has 1 aromatic heterocycles. The molecule has 178 valence electrons. The van der Waals surface area contributed by atoms with Gasteiger partial charge in [0.2, 0.25) is 0 Å². The Labute approximate surface area is 197 Å². The second kappa shape index (κ2) is 9.57. The van der Waals surface area contributed by atoms with Crippen LogP contribution in [0.1, 0.15) is 17.4 Å². The number of aliphatic hydroxyl groups excluding tert-OH is 4. The average Bonchev–Trinajstić information content (AvgIpc) is 3.38. The Bertz CT molecular complexity index is 1150. The summed E-state index contributed by atoms with van der Waals surface area (Å²) >= 11 is 0. The number of rotatable bonds is 7. The van der Waals surface area contributed by atoms with Crippen LogP contribution >= 0.6 is 0 Å². The predicted octanol–water partition coefficient (Wildman–Crippen LogP) is 1.80. The van der Waals surface area contributed by atoms with Crippen molar-refractivity contribution in [1.82, 2.24) is 9.58 Å². The van der Waals surface area contributed by atoms with Crippen molar-refractivity contribution in [2.24, 2.45) is 4.99 Å². The molecule has 1 fully saturated rings. The van der Waals surface area contributed by atoms with Gasteiger partial charge in [-0.1, -0.05) is 42.5 Å². The fourth-order valence-electron chi connectivity index (χ4n) is 4.47. The van der Waals surface area contributed by atoms with Gasteiger partial charge in [-0.25, -0.2) is 4.99 Å². The van der Waals surface area contributed by atoms with Gasteiger partial charge in [-0.05, 0) is 29.7 Å². The highest BCUT2D eigenvalue weighted by molar-refractivity contribution is 5.77. The van der Waals surface area contributed by atoms with Crippen LogP contribution in [0.3, 0.4) is 0 Å². The lowest BCUT2D eigenvalue weighted by atomic mass is 10.0. The van der Waals surface area contributed by atoms with Gasteiger partial charge in [-0.15, -0.1) is 0 Å². The lowest BCUT2D eigenvalue weighted by Crippen LogP contribution is -2.33. The van der Waals surface area contributed by atoms with Crippen LogP contribution in [0.15, 0.2) is 65.8 Å². The molecule has 5 rings (SSSR count). The van der Waals surface area contributed by atoms with Gasteiger partial charge < -0.3 is 29.7 Å². The van der Waals surface area contributed by atoms with E-state index in [0.29, 0.717) is 18.8 Å². The molecule has 0 radical (unpaired) electrons. The molecule has 3 heterocycles. The van der Waals surface area contributed by atoms with Gasteiger partial charge in [0.1, 0.15) is 30.5 Å². The number of hydrogen-bond donors (Lipinski definition) is 5. The molecule has 2 aromatic carbocycles. The molecule has 3 aromatic rings. The number of anilines is 1. The summed E-state index contributed by atoms with van der Waals surface area (Å²) in [5.74, 6) is 0.630. The highest BCUT2D eigenvalue weighted by Gasteiger charge is 2.44. The predicted molar refractivity (Wildman–Crippen MR) is 127 cm³/mol. The van der Waals surface area contributed by atoms with E-state index in [9.17, 15) is 15.3 Å². The second-order valence-corrected chi connectivity index (χ2v) is 8.50. The molecule has 0 bridgehead atoms. The van der Waals surface area contributed by atoms with Crippen molar-refractivity contribution >= 4 is 17.8 Å². The van der Waals surface area contributed by atoms with Crippen LogP contribution in [0.25, 0.3) is 11.1 Å². The second-order valence-electron chi connectivity index (χ2n) is 8.50. The maximum atomic E-state index is 10.6. The number of hydrogen-bond acceptors (Lipinski definition) is 8. The lowest BCUT2D eigenvalue weighted by Gasteiger charge is -2.26. The molecular weight excluding hydrogens is 436 g/mol. The van der Waals surface area contributed by atoms with Crippen molar-refractivity contribution in [3.8, 4) is 11.1 Å². The van der Waals surface area contributed by atoms with E-state index in [1.54, 1.807) is 10.9 Å². The number of benzene rings is 2. The minimum Gasteiger partial charge on any atom is -0.396 e. The van der Waals surface area contributed by atoms with Crippen molar-refractivity contribution in [3.05, 3.63) is 71.9 Å². The number of nitrogens with zero attached hydrogens (tertiary/aromatic N) is 3. The fourth-order valence-corrected chi connectivity index (χ4v) is 4.47. The Kier molecular flexibility index (Phi) is 6.36. The van der Waals surface area contributed by atoms with Crippen molar-refractivity contribution < 1.29 is 25.2 Å². The van der Waals surface area contributed by atoms with Crippen LogP contribution in [0.4, 0.5) is 11.5 Å². The Morgan fingerprint density at radius 2 is 1.76 bits per heavy atom. The van der Waals surface area contributed by atoms with Crippen LogP contribution in [0.2, 0.25) is 0 Å². The van der Waals surface area contributed by atoms with Crippen molar-refractivity contribution in [3.63, 3.8) is 0 Å². The standard InChI is InChI=1S/C25H28N4O5/c30-11-10-16-6-8-18(9-7-16)27-28-12-20-19(17-4-2-1-3-5-17)13-29(24(20)26-15-28)25-23(33)22(32)21(14-31)34-25/h1-9,13,15,21-23,25,27,30-33H,10-12,14H2/t21-,22+,23+,25-/m1/s1. The smallest absolute Gasteiger partial charge is 0.164 e. The van der Waals surface area contributed by atoms with E-state index >= 15 is 0 Å². The van der Waals surface area contributed by atoms with Crippen LogP contribution in [0, 0.1) is 0 Å². The van der Waals surface area contributed by atoms with Crippen LogP contribution < -0.4 is 5.43 Å². The van der Waals surface area contributed by atoms with Crippen LogP contribution in [-0.4, -0.2) is 67.9 Å². The van der Waals surface area contributed by atoms with Gasteiger partial charge in [0, 0.05) is 23.9 Å². The number of aromatic nitrogens is 1. The number of nitrogens with one attached hydrogen (secondary N) is 1. The molecular formula is C25H28N4O5. The summed E-state index contributed by atoms with van der Waals surface area (Å²) in [6, 6.07) is 17.7. The van der Waals surface area contributed by atoms with Gasteiger partial charge in [-0.3, -0.25) is 10.4 Å². The van der Waals surface area contributed by atoms with E-state index in [-0.39, 0.29) is 13.2 Å². The first-order valence-corrected chi connectivity index (χ1v) is 11.3. The summed E-state index contributed by atoms with van der Waals surface area (Å²) in [7, 11) is 0. The Hall–Kier alpha value is -3.21. The molecule has 0 amide bonds. The largest absolute Gasteiger partial charge is 0.396 e. The maximum Gasteiger partial charge on any atom is 0.164 e. The van der Waals surface area contributed by atoms with Gasteiger partial charge in [0.25, 0.3) is 0 Å². The molecule has 1 saturated heterocycles. The summed E-state index contributed by atoms with van der Waals surface area (Å²) in [4.78, 5) is 4.65. The zero-order valence-corrected chi connectivity index (χ0v) is 18.5. The molecule has 9 nitrogen and oxygen atoms in total. The first-order chi connectivity index (χ1) is 16.6. The quantitative estimate of drug-likeness (QED) is 0.361. The van der Waals surface area contributed by atoms with Crippen molar-refractivity contribution in [1.29, 1.82) is 0 Å². The average molecular weight is 465 g/mol. The van der Waals surface area contributed by atoms with E-state index in [1.807, 2.05) is 65.8 Å². The SMILES string of the molecule is OCCc1ccc(NN2C=Nc3c(c(-c4ccccc4)cn3[C@@H]3O[C@H](CO)[C@H](O)[C@@H]3O)C2)cc1. The zero-order chi connectivity index (χ0) is 23.7. The third kappa shape index (κ3) is 4.20. The number of fused-ring (bicyclic) bond motifs is 1. The number of aliphatic hydroxyl groups is 4. The first kappa shape index (κ1) is 22.6. The van der Waals surface area contributed by atoms with Gasteiger partial charge in [0.15, 0.2) is 6.23 Å². The van der Waals surface area contributed by atoms with E-state index in [0.717, 1.165) is 27.9 Å². The van der Waals surface area contributed by atoms with Crippen molar-refractivity contribution in [2.75, 3.05) is 18.6 Å². The van der Waals surface area contributed by atoms with E-state index in [1.165, 1.54) is 0 Å². The molecule has 0 aliphatic carbocycles. The lowest BCUT2D eigenvalue weighted by molar-refractivity contribution is -0.0518. The third-order valence-electron chi connectivity index (χ3n) is 6.26. The third-order valence-corrected chi connectivity index (χ3v) is 6.26. The monoisotopic (exact) mass is 464 g/mol. The molecule has 0 unspecified atom stereocenters. The molecule has 34 heavy (non-hydrogen) atoms. The van der Waals surface area contributed by atoms with Crippen LogP contribution in [-0.2, 0) is 17.7 Å². The fraction of sp³-hybridized carbons (Fsp3) is 0.320. The summed E-state index contributed by atoms with van der Waals surface area (Å²) < 4.78 is 7.52.